The largest absolute Gasteiger partial charge is 1.00 e. The van der Waals surface area contributed by atoms with Gasteiger partial charge in [0.1, 0.15) is 0 Å². The second kappa shape index (κ2) is 5.59. The minimum absolute atomic E-state index is 0. The van der Waals surface area contributed by atoms with E-state index in [1.165, 1.54) is 6.07 Å². The molecule has 1 unspecified atom stereocenters. The van der Waals surface area contributed by atoms with E-state index in [2.05, 4.69) is 0 Å². The maximum Gasteiger partial charge on any atom is 1.00 e. The molecular weight excluding hydrogens is 259 g/mol. The number of benzene rings is 1. The summed E-state index contributed by atoms with van der Waals surface area (Å²) in [6, 6.07) is 5.06. The van der Waals surface area contributed by atoms with Gasteiger partial charge in [-0.1, -0.05) is 30.3 Å². The van der Waals surface area contributed by atoms with Gasteiger partial charge in [-0.3, -0.25) is 4.21 Å². The zero-order chi connectivity index (χ0) is 11.7. The van der Waals surface area contributed by atoms with E-state index in [9.17, 15) is 26.3 Å². The minimum atomic E-state index is -5.12. The molecule has 0 N–H and O–H groups in total. The maximum absolute atomic E-state index is 13.0. The van der Waals surface area contributed by atoms with Crippen LogP contribution in [0.25, 0.3) is 0 Å². The first-order valence-corrected chi connectivity index (χ1v) is 4.78. The van der Waals surface area contributed by atoms with Crippen molar-refractivity contribution in [3.05, 3.63) is 35.9 Å². The molecule has 84 valence electrons. The zero-order valence-electron chi connectivity index (χ0n) is 8.12. The van der Waals surface area contributed by atoms with Gasteiger partial charge in [0.15, 0.2) is 0 Å². The first-order valence-electron chi connectivity index (χ1n) is 3.70. The van der Waals surface area contributed by atoms with Gasteiger partial charge >= 0.3 is 40.7 Å². The van der Waals surface area contributed by atoms with E-state index in [1.54, 1.807) is 0 Å². The van der Waals surface area contributed by atoms with Gasteiger partial charge in [0.25, 0.3) is 0 Å². The summed E-state index contributed by atoms with van der Waals surface area (Å²) in [6.45, 7) is 0. The fraction of sp³-hybridized carbons (Fsp3) is 0.250. The summed E-state index contributed by atoms with van der Waals surface area (Å²) in [5.74, 6) is -4.74. The number of halogens is 4. The summed E-state index contributed by atoms with van der Waals surface area (Å²) in [5.41, 5.74) is -1.04. The van der Waals surface area contributed by atoms with Crippen LogP contribution in [-0.2, 0) is 17.0 Å². The molecule has 0 saturated heterocycles. The molecule has 0 fully saturated rings. The third-order valence-electron chi connectivity index (χ3n) is 1.71. The van der Waals surface area contributed by atoms with Crippen LogP contribution in [0.5, 0.6) is 0 Å². The van der Waals surface area contributed by atoms with Crippen molar-refractivity contribution in [2.75, 3.05) is 0 Å². The van der Waals surface area contributed by atoms with E-state index in [0.717, 1.165) is 24.3 Å². The summed E-state index contributed by atoms with van der Waals surface area (Å²) in [6.07, 6.45) is 0. The molecular formula is C8H5F4NaO2S. The average Bonchev–Trinajstić information content (AvgIpc) is 2.18. The van der Waals surface area contributed by atoms with Gasteiger partial charge < -0.3 is 4.55 Å². The van der Waals surface area contributed by atoms with Crippen LogP contribution in [0.1, 0.15) is 5.56 Å². The van der Waals surface area contributed by atoms with Gasteiger partial charge in [-0.25, -0.2) is 0 Å². The standard InChI is InChI=1S/C8H6F4O2S.Na/c9-7(10,8(11,12)15(13)14)6-4-2-1-3-5-6;/h1-5H,(H,13,14);/q;+1/p-1. The molecule has 0 aliphatic carbocycles. The zero-order valence-corrected chi connectivity index (χ0v) is 10.9. The average molecular weight is 264 g/mol. The van der Waals surface area contributed by atoms with Crippen LogP contribution in [0.15, 0.2) is 30.3 Å². The Morgan fingerprint density at radius 2 is 1.50 bits per heavy atom. The van der Waals surface area contributed by atoms with Gasteiger partial charge in [0.05, 0.1) is 0 Å². The van der Waals surface area contributed by atoms with E-state index < -0.39 is 27.8 Å². The van der Waals surface area contributed by atoms with E-state index in [4.69, 9.17) is 0 Å². The molecule has 1 rings (SSSR count). The fourth-order valence-electron chi connectivity index (χ4n) is 0.920. The summed E-state index contributed by atoms with van der Waals surface area (Å²) in [7, 11) is 0. The first-order chi connectivity index (χ1) is 6.80. The predicted octanol–water partition coefficient (Wildman–Crippen LogP) is -0.746. The SMILES string of the molecule is O=S([O-])C(F)(F)C(F)(F)c1ccccc1.[Na+]. The van der Waals surface area contributed by atoms with Crippen molar-refractivity contribution in [3.8, 4) is 0 Å². The summed E-state index contributed by atoms with van der Waals surface area (Å²) in [4.78, 5) is 0. The molecule has 8 heteroatoms. The second-order valence-corrected chi connectivity index (χ2v) is 3.67. The molecule has 16 heavy (non-hydrogen) atoms. The summed E-state index contributed by atoms with van der Waals surface area (Å²) in [5, 5.41) is -5.12. The van der Waals surface area contributed by atoms with Crippen molar-refractivity contribution < 1.29 is 55.9 Å². The molecule has 1 atom stereocenters. The Bertz CT molecular complexity index is 372. The van der Waals surface area contributed by atoms with Crippen LogP contribution in [0, 0.1) is 0 Å². The molecule has 0 bridgehead atoms. The third kappa shape index (κ3) is 2.84. The molecule has 0 aliphatic rings. The van der Waals surface area contributed by atoms with Crippen molar-refractivity contribution in [2.24, 2.45) is 0 Å². The van der Waals surface area contributed by atoms with Crippen LogP contribution >= 0.6 is 0 Å². The Labute approximate surface area is 114 Å². The molecule has 1 aromatic rings. The minimum Gasteiger partial charge on any atom is -0.768 e. The molecule has 0 spiro atoms. The van der Waals surface area contributed by atoms with Crippen LogP contribution < -0.4 is 29.6 Å². The predicted molar refractivity (Wildman–Crippen MR) is 44.2 cm³/mol. The molecule has 0 saturated carbocycles. The van der Waals surface area contributed by atoms with Gasteiger partial charge in [-0.2, -0.15) is 17.6 Å². The number of hydrogen-bond acceptors (Lipinski definition) is 2. The van der Waals surface area contributed by atoms with E-state index in [-0.39, 0.29) is 29.6 Å². The van der Waals surface area contributed by atoms with E-state index in [0.29, 0.717) is 0 Å². The normalized spacial score (nSPS) is 14.1. The molecule has 0 aromatic heterocycles. The Kier molecular flexibility index (Phi) is 5.61. The van der Waals surface area contributed by atoms with Crippen molar-refractivity contribution >= 4 is 11.1 Å². The van der Waals surface area contributed by atoms with Crippen molar-refractivity contribution in [1.82, 2.24) is 0 Å². The van der Waals surface area contributed by atoms with Crippen LogP contribution in [0.2, 0.25) is 0 Å². The molecule has 0 heterocycles. The third-order valence-corrected chi connectivity index (χ3v) is 2.39. The Balaban J connectivity index is 0.00000225. The quantitative estimate of drug-likeness (QED) is 0.409. The number of hydrogen-bond donors (Lipinski definition) is 0. The molecule has 0 aliphatic heterocycles. The van der Waals surface area contributed by atoms with Crippen molar-refractivity contribution in [3.63, 3.8) is 0 Å². The first kappa shape index (κ1) is 16.1. The Morgan fingerprint density at radius 3 is 1.88 bits per heavy atom. The molecule has 1 aromatic carbocycles. The van der Waals surface area contributed by atoms with Gasteiger partial charge in [0.2, 0.25) is 0 Å². The van der Waals surface area contributed by atoms with E-state index in [1.807, 2.05) is 0 Å². The monoisotopic (exact) mass is 264 g/mol. The molecule has 2 nitrogen and oxygen atoms in total. The van der Waals surface area contributed by atoms with Crippen LogP contribution in [0.3, 0.4) is 0 Å². The van der Waals surface area contributed by atoms with Gasteiger partial charge in [-0.15, -0.1) is 0 Å². The maximum atomic E-state index is 13.0. The van der Waals surface area contributed by atoms with Gasteiger partial charge in [-0.05, 0) is 0 Å². The van der Waals surface area contributed by atoms with Gasteiger partial charge in [0, 0.05) is 16.6 Å². The summed E-state index contributed by atoms with van der Waals surface area (Å²) < 4.78 is 71.4. The summed E-state index contributed by atoms with van der Waals surface area (Å²) >= 11 is -4.18. The van der Waals surface area contributed by atoms with E-state index >= 15 is 0 Å². The Morgan fingerprint density at radius 1 is 1.06 bits per heavy atom. The molecule has 0 amide bonds. The van der Waals surface area contributed by atoms with Crippen molar-refractivity contribution in [1.29, 1.82) is 0 Å². The van der Waals surface area contributed by atoms with Crippen LogP contribution in [-0.4, -0.2) is 14.0 Å². The number of rotatable bonds is 3. The van der Waals surface area contributed by atoms with Crippen molar-refractivity contribution in [2.45, 2.75) is 11.2 Å². The fourth-order valence-corrected chi connectivity index (χ4v) is 1.25. The second-order valence-electron chi connectivity index (χ2n) is 2.69. The smallest absolute Gasteiger partial charge is 0.768 e. The Hall–Kier alpha value is 0.0500. The van der Waals surface area contributed by atoms with Crippen LogP contribution in [0.4, 0.5) is 17.6 Å². The topological polar surface area (TPSA) is 40.1 Å². The number of alkyl halides is 4. The molecule has 0 radical (unpaired) electrons.